The average molecular weight is 289 g/mol. The Morgan fingerprint density at radius 1 is 1.16 bits per heavy atom. The molecule has 0 saturated carbocycles. The third kappa shape index (κ3) is 3.22. The van der Waals surface area contributed by atoms with Crippen molar-refractivity contribution in [2.24, 2.45) is 0 Å². The van der Waals surface area contributed by atoms with Crippen LogP contribution in [0.4, 0.5) is 0 Å². The van der Waals surface area contributed by atoms with E-state index in [1.54, 1.807) is 0 Å². The average Bonchev–Trinajstić information content (AvgIpc) is 2.52. The number of rotatable bonds is 4. The Morgan fingerprint density at radius 3 is 2.16 bits per heavy atom. The largest absolute Gasteiger partial charge is 0.488 e. The van der Waals surface area contributed by atoms with Gasteiger partial charge in [0.1, 0.15) is 0 Å². The van der Waals surface area contributed by atoms with Crippen LogP contribution in [0, 0.1) is 13.8 Å². The standard InChI is InChI=1S/C12H19NO5S/c1-9-11-12(18-7-4-6-17-11)10(2)13(9)5-3-8-19(14,15)16/h3-8H2,1-2H3,(H,14,15,16). The topological polar surface area (TPSA) is 77.8 Å². The molecule has 1 N–H and O–H groups in total. The van der Waals surface area contributed by atoms with Crippen LogP contribution in [0.25, 0.3) is 0 Å². The van der Waals surface area contributed by atoms with Gasteiger partial charge >= 0.3 is 0 Å². The summed E-state index contributed by atoms with van der Waals surface area (Å²) in [5.41, 5.74) is 1.87. The molecular formula is C12H19NO5S. The highest BCUT2D eigenvalue weighted by Crippen LogP contribution is 2.38. The minimum Gasteiger partial charge on any atom is -0.488 e. The van der Waals surface area contributed by atoms with Gasteiger partial charge in [0.2, 0.25) is 0 Å². The van der Waals surface area contributed by atoms with E-state index >= 15 is 0 Å². The van der Waals surface area contributed by atoms with Crippen molar-refractivity contribution in [2.45, 2.75) is 33.2 Å². The molecular weight excluding hydrogens is 270 g/mol. The summed E-state index contributed by atoms with van der Waals surface area (Å²) in [5.74, 6) is 1.26. The van der Waals surface area contributed by atoms with Gasteiger partial charge in [-0.2, -0.15) is 8.42 Å². The van der Waals surface area contributed by atoms with Crippen molar-refractivity contribution in [1.82, 2.24) is 4.57 Å². The second-order valence-corrected chi connectivity index (χ2v) is 6.24. The van der Waals surface area contributed by atoms with E-state index in [0.717, 1.165) is 29.3 Å². The van der Waals surface area contributed by atoms with E-state index < -0.39 is 10.1 Å². The normalized spacial score (nSPS) is 15.3. The highest BCUT2D eigenvalue weighted by atomic mass is 32.2. The van der Waals surface area contributed by atoms with Crippen molar-refractivity contribution in [3.63, 3.8) is 0 Å². The molecule has 2 rings (SSSR count). The van der Waals surface area contributed by atoms with Crippen LogP contribution in [-0.4, -0.2) is 36.5 Å². The quantitative estimate of drug-likeness (QED) is 0.851. The first-order valence-corrected chi connectivity index (χ1v) is 7.91. The zero-order valence-corrected chi connectivity index (χ0v) is 12.0. The van der Waals surface area contributed by atoms with Crippen LogP contribution in [0.5, 0.6) is 11.5 Å². The van der Waals surface area contributed by atoms with E-state index in [9.17, 15) is 8.42 Å². The van der Waals surface area contributed by atoms with Gasteiger partial charge in [-0.25, -0.2) is 0 Å². The molecule has 0 saturated heterocycles. The zero-order chi connectivity index (χ0) is 14.0. The Morgan fingerprint density at radius 2 is 1.68 bits per heavy atom. The van der Waals surface area contributed by atoms with Crippen LogP contribution in [0.15, 0.2) is 0 Å². The van der Waals surface area contributed by atoms with E-state index in [1.807, 2.05) is 18.4 Å². The van der Waals surface area contributed by atoms with Crippen molar-refractivity contribution in [2.75, 3.05) is 19.0 Å². The van der Waals surface area contributed by atoms with Gasteiger partial charge in [-0.05, 0) is 20.3 Å². The van der Waals surface area contributed by atoms with Gasteiger partial charge < -0.3 is 14.0 Å². The molecule has 1 aliphatic rings. The molecule has 0 bridgehead atoms. The Kier molecular flexibility index (Phi) is 4.05. The number of hydrogen-bond donors (Lipinski definition) is 1. The fourth-order valence-corrected chi connectivity index (χ4v) is 2.81. The first-order chi connectivity index (χ1) is 8.90. The lowest BCUT2D eigenvalue weighted by Crippen LogP contribution is -2.10. The zero-order valence-electron chi connectivity index (χ0n) is 11.2. The molecule has 1 aromatic heterocycles. The predicted molar refractivity (Wildman–Crippen MR) is 70.5 cm³/mol. The van der Waals surface area contributed by atoms with Crippen molar-refractivity contribution < 1.29 is 22.4 Å². The van der Waals surface area contributed by atoms with E-state index in [0.29, 0.717) is 26.2 Å². The van der Waals surface area contributed by atoms with E-state index in [2.05, 4.69) is 0 Å². The van der Waals surface area contributed by atoms with E-state index in [4.69, 9.17) is 14.0 Å². The lowest BCUT2D eigenvalue weighted by atomic mass is 10.4. The molecule has 0 fully saturated rings. The van der Waals surface area contributed by atoms with Crippen molar-refractivity contribution in [3.8, 4) is 11.5 Å². The molecule has 6 nitrogen and oxygen atoms in total. The van der Waals surface area contributed by atoms with Crippen LogP contribution in [0.1, 0.15) is 24.2 Å². The SMILES string of the molecule is Cc1c2c(c(C)n1CCCS(=O)(=O)O)OCCCO2. The van der Waals surface area contributed by atoms with Gasteiger partial charge in [0.25, 0.3) is 10.1 Å². The molecule has 0 atom stereocenters. The number of nitrogens with zero attached hydrogens (tertiary/aromatic N) is 1. The van der Waals surface area contributed by atoms with E-state index in [-0.39, 0.29) is 5.75 Å². The molecule has 0 aromatic carbocycles. The summed E-state index contributed by atoms with van der Waals surface area (Å²) < 4.78 is 43.5. The van der Waals surface area contributed by atoms with Gasteiger partial charge in [-0.3, -0.25) is 4.55 Å². The number of hydrogen-bond acceptors (Lipinski definition) is 4. The second-order valence-electron chi connectivity index (χ2n) is 4.67. The molecule has 0 spiro atoms. The van der Waals surface area contributed by atoms with Crippen molar-refractivity contribution in [1.29, 1.82) is 0 Å². The predicted octanol–water partition coefficient (Wildman–Crippen LogP) is 1.54. The highest BCUT2D eigenvalue weighted by Gasteiger charge is 2.22. The highest BCUT2D eigenvalue weighted by molar-refractivity contribution is 7.85. The van der Waals surface area contributed by atoms with Crippen molar-refractivity contribution >= 4 is 10.1 Å². The Balaban J connectivity index is 2.17. The van der Waals surface area contributed by atoms with Gasteiger partial charge in [-0.15, -0.1) is 0 Å². The molecule has 0 aliphatic carbocycles. The minimum absolute atomic E-state index is 0.240. The van der Waals surface area contributed by atoms with Crippen LogP contribution in [0.2, 0.25) is 0 Å². The molecule has 0 unspecified atom stereocenters. The fraction of sp³-hybridized carbons (Fsp3) is 0.667. The first-order valence-electron chi connectivity index (χ1n) is 6.30. The van der Waals surface area contributed by atoms with Gasteiger partial charge in [0.05, 0.1) is 30.4 Å². The number of aromatic nitrogens is 1. The summed E-state index contributed by atoms with van der Waals surface area (Å²) in [4.78, 5) is 0. The molecule has 2 heterocycles. The smallest absolute Gasteiger partial charge is 0.264 e. The lowest BCUT2D eigenvalue weighted by Gasteiger charge is -2.09. The Labute approximate surface area is 113 Å². The van der Waals surface area contributed by atoms with Crippen LogP contribution < -0.4 is 9.47 Å². The molecule has 0 amide bonds. The lowest BCUT2D eigenvalue weighted by molar-refractivity contribution is 0.291. The number of ether oxygens (including phenoxy) is 2. The Bertz CT molecular complexity index is 532. The fourth-order valence-electron chi connectivity index (χ4n) is 2.31. The summed E-state index contributed by atoms with van der Waals surface area (Å²) in [7, 11) is -3.90. The van der Waals surface area contributed by atoms with Crippen LogP contribution in [-0.2, 0) is 16.7 Å². The molecule has 0 radical (unpaired) electrons. The van der Waals surface area contributed by atoms with Crippen molar-refractivity contribution in [3.05, 3.63) is 11.4 Å². The number of fused-ring (bicyclic) bond motifs is 1. The second kappa shape index (κ2) is 5.42. The summed E-state index contributed by atoms with van der Waals surface area (Å²) in [6.45, 7) is 5.61. The molecule has 1 aliphatic heterocycles. The third-order valence-electron chi connectivity index (χ3n) is 3.24. The van der Waals surface area contributed by atoms with Gasteiger partial charge in [0.15, 0.2) is 11.5 Å². The first kappa shape index (κ1) is 14.2. The monoisotopic (exact) mass is 289 g/mol. The summed E-state index contributed by atoms with van der Waals surface area (Å²) in [5, 5.41) is 0. The third-order valence-corrected chi connectivity index (χ3v) is 4.04. The maximum atomic E-state index is 10.7. The maximum Gasteiger partial charge on any atom is 0.264 e. The summed E-state index contributed by atoms with van der Waals surface area (Å²) in [6.07, 6.45) is 1.21. The van der Waals surface area contributed by atoms with Crippen LogP contribution >= 0.6 is 0 Å². The van der Waals surface area contributed by atoms with Gasteiger partial charge in [0, 0.05) is 13.0 Å². The summed E-state index contributed by atoms with van der Waals surface area (Å²) in [6, 6.07) is 0. The molecule has 19 heavy (non-hydrogen) atoms. The summed E-state index contributed by atoms with van der Waals surface area (Å²) >= 11 is 0. The van der Waals surface area contributed by atoms with E-state index in [1.165, 1.54) is 0 Å². The van der Waals surface area contributed by atoms with Gasteiger partial charge in [-0.1, -0.05) is 0 Å². The minimum atomic E-state index is -3.90. The maximum absolute atomic E-state index is 10.7. The molecule has 1 aromatic rings. The van der Waals surface area contributed by atoms with Crippen LogP contribution in [0.3, 0.4) is 0 Å². The molecule has 7 heteroatoms. The Hall–Kier alpha value is -1.21. The molecule has 108 valence electrons.